The second kappa shape index (κ2) is 8.74. The van der Waals surface area contributed by atoms with Gasteiger partial charge >= 0.3 is 0 Å². The van der Waals surface area contributed by atoms with Gasteiger partial charge in [0.05, 0.1) is 18.4 Å². The van der Waals surface area contributed by atoms with Crippen molar-refractivity contribution < 1.29 is 17.6 Å². The third-order valence-corrected chi connectivity index (χ3v) is 7.11. The van der Waals surface area contributed by atoms with Crippen LogP contribution in [0, 0.1) is 0 Å². The van der Waals surface area contributed by atoms with Crippen molar-refractivity contribution in [1.82, 2.24) is 19.4 Å². The molecule has 0 saturated carbocycles. The van der Waals surface area contributed by atoms with Crippen molar-refractivity contribution in [3.63, 3.8) is 0 Å². The molecule has 0 radical (unpaired) electrons. The molecule has 1 N–H and O–H groups in total. The van der Waals surface area contributed by atoms with E-state index in [-0.39, 0.29) is 30.2 Å². The van der Waals surface area contributed by atoms with Gasteiger partial charge in [0.15, 0.2) is 0 Å². The van der Waals surface area contributed by atoms with Crippen LogP contribution in [0.1, 0.15) is 16.1 Å². The summed E-state index contributed by atoms with van der Waals surface area (Å²) in [6, 6.07) is 10.9. The first kappa shape index (κ1) is 21.4. The number of nitrogens with zero attached hydrogens (tertiary/aromatic N) is 4. The van der Waals surface area contributed by atoms with E-state index in [9.17, 15) is 13.2 Å². The highest BCUT2D eigenvalue weighted by Crippen LogP contribution is 2.24. The van der Waals surface area contributed by atoms with E-state index in [1.807, 2.05) is 18.2 Å². The lowest BCUT2D eigenvalue weighted by atomic mass is 10.2. The Kier molecular flexibility index (Phi) is 6.03. The van der Waals surface area contributed by atoms with Crippen LogP contribution >= 0.6 is 11.6 Å². The highest BCUT2D eigenvalue weighted by Gasteiger charge is 2.34. The smallest absolute Gasteiger partial charge is 0.263 e. The number of hydrogen-bond donors (Lipinski definition) is 1. The number of anilines is 1. The molecular formula is C20H22ClN5O4S. The van der Waals surface area contributed by atoms with Crippen molar-refractivity contribution in [1.29, 1.82) is 0 Å². The number of halogens is 1. The summed E-state index contributed by atoms with van der Waals surface area (Å²) in [5, 5.41) is 7.14. The van der Waals surface area contributed by atoms with E-state index in [4.69, 9.17) is 16.0 Å². The molecular weight excluding hydrogens is 442 g/mol. The molecule has 0 unspecified atom stereocenters. The maximum Gasteiger partial charge on any atom is 0.263 e. The van der Waals surface area contributed by atoms with Gasteiger partial charge in [0.25, 0.3) is 15.9 Å². The number of carbonyl (C=O) groups is 1. The largest absolute Gasteiger partial charge is 0.467 e. The monoisotopic (exact) mass is 463 g/mol. The van der Waals surface area contributed by atoms with Crippen LogP contribution in [0.25, 0.3) is 0 Å². The van der Waals surface area contributed by atoms with Crippen LogP contribution in [0.4, 0.5) is 5.69 Å². The number of aryl methyl sites for hydroxylation is 1. The standard InChI is InChI=1S/C20H22ClN5O4S/c1-24-14-18(19(27)22-13-17-6-3-11-30-17)20(23-24)31(28,29)26-9-7-25(8-10-26)16-5-2-4-15(21)12-16/h2-6,11-12,14H,7-10,13H2,1H3,(H,22,27). The molecule has 11 heteroatoms. The molecule has 0 aliphatic carbocycles. The molecule has 4 rings (SSSR count). The van der Waals surface area contributed by atoms with Crippen molar-refractivity contribution in [3.8, 4) is 0 Å². The predicted molar refractivity (Wildman–Crippen MR) is 116 cm³/mol. The molecule has 164 valence electrons. The van der Waals surface area contributed by atoms with Gasteiger partial charge < -0.3 is 14.6 Å². The first-order chi connectivity index (χ1) is 14.8. The Balaban J connectivity index is 1.48. The molecule has 2 aromatic heterocycles. The van der Waals surface area contributed by atoms with E-state index in [1.54, 1.807) is 25.2 Å². The highest BCUT2D eigenvalue weighted by molar-refractivity contribution is 7.89. The number of sulfonamides is 1. The highest BCUT2D eigenvalue weighted by atomic mass is 35.5. The number of benzene rings is 1. The lowest BCUT2D eigenvalue weighted by molar-refractivity contribution is 0.0944. The van der Waals surface area contributed by atoms with Gasteiger partial charge in [-0.2, -0.15) is 9.40 Å². The Morgan fingerprint density at radius 1 is 1.19 bits per heavy atom. The summed E-state index contributed by atoms with van der Waals surface area (Å²) in [5.74, 6) is 0.0411. The zero-order chi connectivity index (χ0) is 22.0. The maximum absolute atomic E-state index is 13.3. The topological polar surface area (TPSA) is 101 Å². The van der Waals surface area contributed by atoms with Gasteiger partial charge in [-0.1, -0.05) is 17.7 Å². The second-order valence-corrected chi connectivity index (χ2v) is 9.44. The SMILES string of the molecule is Cn1cc(C(=O)NCc2ccco2)c(S(=O)(=O)N2CCN(c3cccc(Cl)c3)CC2)n1. The third-order valence-electron chi connectivity index (χ3n) is 5.04. The summed E-state index contributed by atoms with van der Waals surface area (Å²) in [6.07, 6.45) is 2.91. The Morgan fingerprint density at radius 2 is 1.97 bits per heavy atom. The summed E-state index contributed by atoms with van der Waals surface area (Å²) in [5.41, 5.74) is 0.951. The van der Waals surface area contributed by atoms with Crippen LogP contribution in [0.15, 0.2) is 58.3 Å². The van der Waals surface area contributed by atoms with E-state index in [0.717, 1.165) is 5.69 Å². The van der Waals surface area contributed by atoms with Crippen LogP contribution < -0.4 is 10.2 Å². The van der Waals surface area contributed by atoms with Gasteiger partial charge in [-0.3, -0.25) is 9.48 Å². The zero-order valence-electron chi connectivity index (χ0n) is 16.9. The number of nitrogens with one attached hydrogen (secondary N) is 1. The van der Waals surface area contributed by atoms with Crippen LogP contribution in [0.2, 0.25) is 5.02 Å². The first-order valence-corrected chi connectivity index (χ1v) is 11.5. The minimum atomic E-state index is -3.94. The first-order valence-electron chi connectivity index (χ1n) is 9.69. The number of aromatic nitrogens is 2. The molecule has 0 spiro atoms. The predicted octanol–water partition coefficient (Wildman–Crippen LogP) is 2.11. The number of piperazine rings is 1. The second-order valence-electron chi connectivity index (χ2n) is 7.15. The lowest BCUT2D eigenvalue weighted by Gasteiger charge is -2.35. The fourth-order valence-corrected chi connectivity index (χ4v) is 5.20. The summed E-state index contributed by atoms with van der Waals surface area (Å²) in [7, 11) is -2.36. The van der Waals surface area contributed by atoms with E-state index in [1.165, 1.54) is 21.4 Å². The summed E-state index contributed by atoms with van der Waals surface area (Å²) < 4.78 is 34.4. The number of furan rings is 1. The summed E-state index contributed by atoms with van der Waals surface area (Å²) >= 11 is 6.07. The molecule has 3 aromatic rings. The normalized spacial score (nSPS) is 15.2. The summed E-state index contributed by atoms with van der Waals surface area (Å²) in [6.45, 7) is 1.72. The van der Waals surface area contributed by atoms with Crippen LogP contribution in [0.3, 0.4) is 0 Å². The molecule has 1 saturated heterocycles. The van der Waals surface area contributed by atoms with Gasteiger partial charge in [-0.25, -0.2) is 8.42 Å². The Morgan fingerprint density at radius 3 is 2.65 bits per heavy atom. The molecule has 1 aliphatic rings. The molecule has 0 bridgehead atoms. The fraction of sp³-hybridized carbons (Fsp3) is 0.300. The molecule has 1 amide bonds. The van der Waals surface area contributed by atoms with Gasteiger partial charge in [0.2, 0.25) is 5.03 Å². The van der Waals surface area contributed by atoms with E-state index < -0.39 is 15.9 Å². The van der Waals surface area contributed by atoms with Gasteiger partial charge in [0, 0.05) is 50.1 Å². The summed E-state index contributed by atoms with van der Waals surface area (Å²) in [4.78, 5) is 14.7. The minimum absolute atomic E-state index is 0.00586. The van der Waals surface area contributed by atoms with Crippen molar-refractivity contribution in [3.05, 3.63) is 65.2 Å². The Hall–Kier alpha value is -2.82. The zero-order valence-corrected chi connectivity index (χ0v) is 18.4. The van der Waals surface area contributed by atoms with Crippen LogP contribution in [-0.4, -0.2) is 54.6 Å². The van der Waals surface area contributed by atoms with Gasteiger partial charge in [-0.05, 0) is 30.3 Å². The Labute approximate surface area is 185 Å². The molecule has 1 aromatic carbocycles. The van der Waals surface area contributed by atoms with Gasteiger partial charge in [-0.15, -0.1) is 0 Å². The van der Waals surface area contributed by atoms with Gasteiger partial charge in [0.1, 0.15) is 5.76 Å². The fourth-order valence-electron chi connectivity index (χ4n) is 3.47. The molecule has 9 nitrogen and oxygen atoms in total. The Bertz CT molecular complexity index is 1170. The molecule has 31 heavy (non-hydrogen) atoms. The molecule has 0 atom stereocenters. The molecule has 1 fully saturated rings. The minimum Gasteiger partial charge on any atom is -0.467 e. The third kappa shape index (κ3) is 4.60. The average molecular weight is 464 g/mol. The van der Waals surface area contributed by atoms with E-state index in [2.05, 4.69) is 15.3 Å². The molecule has 3 heterocycles. The van der Waals surface area contributed by atoms with Crippen LogP contribution in [-0.2, 0) is 23.6 Å². The number of amides is 1. The van der Waals surface area contributed by atoms with E-state index in [0.29, 0.717) is 23.9 Å². The number of carbonyl (C=O) groups excluding carboxylic acids is 1. The average Bonchev–Trinajstić information content (AvgIpc) is 3.42. The van der Waals surface area contributed by atoms with Crippen molar-refractivity contribution in [2.24, 2.45) is 7.05 Å². The number of hydrogen-bond acceptors (Lipinski definition) is 6. The van der Waals surface area contributed by atoms with E-state index >= 15 is 0 Å². The van der Waals surface area contributed by atoms with Crippen molar-refractivity contribution in [2.75, 3.05) is 31.1 Å². The lowest BCUT2D eigenvalue weighted by Crippen LogP contribution is -2.49. The van der Waals surface area contributed by atoms with Crippen molar-refractivity contribution in [2.45, 2.75) is 11.6 Å². The quantitative estimate of drug-likeness (QED) is 0.601. The number of rotatable bonds is 6. The van der Waals surface area contributed by atoms with Crippen molar-refractivity contribution >= 4 is 33.2 Å². The maximum atomic E-state index is 13.3. The molecule has 1 aliphatic heterocycles. The van der Waals surface area contributed by atoms with Crippen LogP contribution in [0.5, 0.6) is 0 Å².